The fraction of sp³-hybridized carbons (Fsp3) is 0.0714. The number of rotatable bonds is 4. The van der Waals surface area contributed by atoms with Crippen molar-refractivity contribution in [2.24, 2.45) is 0 Å². The van der Waals surface area contributed by atoms with Gasteiger partial charge < -0.3 is 9.84 Å². The molecule has 0 amide bonds. The highest BCUT2D eigenvalue weighted by Gasteiger charge is 2.16. The maximum Gasteiger partial charge on any atom is 0.339 e. The van der Waals surface area contributed by atoms with Gasteiger partial charge in [0, 0.05) is 11.8 Å². The lowest BCUT2D eigenvalue weighted by Crippen LogP contribution is -2.06. The Balaban J connectivity index is 2.28. The van der Waals surface area contributed by atoms with Crippen molar-refractivity contribution in [1.29, 1.82) is 5.26 Å². The Morgan fingerprint density at radius 1 is 1.40 bits per heavy atom. The summed E-state index contributed by atoms with van der Waals surface area (Å²) in [5.74, 6) is -2.41. The summed E-state index contributed by atoms with van der Waals surface area (Å²) in [4.78, 5) is 14.8. The van der Waals surface area contributed by atoms with Crippen molar-refractivity contribution >= 4 is 5.97 Å². The van der Waals surface area contributed by atoms with E-state index in [2.05, 4.69) is 4.98 Å². The van der Waals surface area contributed by atoms with Crippen molar-refractivity contribution in [3.8, 4) is 11.8 Å². The summed E-state index contributed by atoms with van der Waals surface area (Å²) in [7, 11) is 0. The van der Waals surface area contributed by atoms with E-state index >= 15 is 0 Å². The Labute approximate surface area is 113 Å². The molecule has 0 saturated carbocycles. The Bertz CT molecular complexity index is 695. The summed E-state index contributed by atoms with van der Waals surface area (Å²) in [5, 5.41) is 17.9. The summed E-state index contributed by atoms with van der Waals surface area (Å²) in [6, 6.07) is 8.74. The predicted molar refractivity (Wildman–Crippen MR) is 66.6 cm³/mol. The number of aromatic nitrogens is 1. The number of ether oxygens (including phenoxy) is 1. The summed E-state index contributed by atoms with van der Waals surface area (Å²) in [6.07, 6.45) is 1.45. The third kappa shape index (κ3) is 2.72. The van der Waals surface area contributed by atoms with Crippen LogP contribution in [0.4, 0.5) is 4.39 Å². The van der Waals surface area contributed by atoms with Gasteiger partial charge in [0.05, 0.1) is 0 Å². The van der Waals surface area contributed by atoms with E-state index in [1.807, 2.05) is 6.07 Å². The Morgan fingerprint density at radius 3 is 2.90 bits per heavy atom. The molecule has 0 aliphatic carbocycles. The zero-order valence-electron chi connectivity index (χ0n) is 10.2. The minimum atomic E-state index is -1.29. The topological polar surface area (TPSA) is 83.2 Å². The fourth-order valence-corrected chi connectivity index (χ4v) is 1.63. The van der Waals surface area contributed by atoms with Crippen LogP contribution in [0, 0.1) is 17.1 Å². The molecule has 0 unspecified atom stereocenters. The summed E-state index contributed by atoms with van der Waals surface area (Å²) < 4.78 is 18.8. The molecular formula is C14H9FN2O3. The second-order valence-corrected chi connectivity index (χ2v) is 3.83. The summed E-state index contributed by atoms with van der Waals surface area (Å²) in [5.41, 5.74) is 0.336. The molecule has 1 heterocycles. The third-order valence-electron chi connectivity index (χ3n) is 2.57. The van der Waals surface area contributed by atoms with E-state index in [0.717, 1.165) is 6.07 Å². The Hall–Kier alpha value is -2.94. The molecule has 5 nitrogen and oxygen atoms in total. The zero-order chi connectivity index (χ0) is 14.5. The highest BCUT2D eigenvalue weighted by molar-refractivity contribution is 5.90. The van der Waals surface area contributed by atoms with Crippen LogP contribution in [-0.2, 0) is 6.61 Å². The van der Waals surface area contributed by atoms with E-state index in [1.165, 1.54) is 18.3 Å². The number of hydrogen-bond acceptors (Lipinski definition) is 4. The van der Waals surface area contributed by atoms with Gasteiger partial charge >= 0.3 is 5.97 Å². The number of halogens is 1. The van der Waals surface area contributed by atoms with Crippen LogP contribution in [0.1, 0.15) is 21.6 Å². The fourth-order valence-electron chi connectivity index (χ4n) is 1.63. The standard InChI is InChI=1S/C14H9FN2O3/c15-11-5-1-4-10(14(18)19)13(11)20-8-9-3-2-6-17-12(9)7-16/h1-6H,8H2,(H,18,19). The molecule has 0 aliphatic rings. The predicted octanol–water partition coefficient (Wildman–Crippen LogP) is 2.37. The number of para-hydroxylation sites is 1. The number of carbonyl (C=O) groups is 1. The molecular weight excluding hydrogens is 263 g/mol. The molecule has 1 aromatic carbocycles. The van der Waals surface area contributed by atoms with E-state index in [1.54, 1.807) is 12.1 Å². The molecule has 100 valence electrons. The van der Waals surface area contributed by atoms with Crippen LogP contribution in [0.2, 0.25) is 0 Å². The molecule has 1 N–H and O–H groups in total. The quantitative estimate of drug-likeness (QED) is 0.923. The molecule has 0 fully saturated rings. The van der Waals surface area contributed by atoms with Crippen molar-refractivity contribution in [2.75, 3.05) is 0 Å². The van der Waals surface area contributed by atoms with E-state index in [-0.39, 0.29) is 23.6 Å². The Kier molecular flexibility index (Phi) is 3.91. The van der Waals surface area contributed by atoms with Gasteiger partial charge in [-0.3, -0.25) is 0 Å². The van der Waals surface area contributed by atoms with Gasteiger partial charge in [0.25, 0.3) is 0 Å². The van der Waals surface area contributed by atoms with Gasteiger partial charge in [-0.2, -0.15) is 5.26 Å². The molecule has 1 aromatic heterocycles. The van der Waals surface area contributed by atoms with Crippen LogP contribution in [0.5, 0.6) is 5.75 Å². The van der Waals surface area contributed by atoms with Crippen molar-refractivity contribution in [1.82, 2.24) is 4.98 Å². The minimum absolute atomic E-state index is 0.141. The maximum absolute atomic E-state index is 13.6. The molecule has 20 heavy (non-hydrogen) atoms. The molecule has 0 atom stereocenters. The van der Waals surface area contributed by atoms with Gasteiger partial charge in [0.15, 0.2) is 11.6 Å². The lowest BCUT2D eigenvalue weighted by molar-refractivity contribution is 0.0690. The minimum Gasteiger partial charge on any atom is -0.485 e. The molecule has 2 rings (SSSR count). The van der Waals surface area contributed by atoms with Crippen LogP contribution < -0.4 is 4.74 Å². The number of aromatic carboxylic acids is 1. The number of pyridine rings is 1. The summed E-state index contributed by atoms with van der Waals surface area (Å²) >= 11 is 0. The van der Waals surface area contributed by atoms with Gasteiger partial charge in [0.2, 0.25) is 0 Å². The maximum atomic E-state index is 13.6. The highest BCUT2D eigenvalue weighted by atomic mass is 19.1. The SMILES string of the molecule is N#Cc1ncccc1COc1c(F)cccc1C(=O)O. The van der Waals surface area contributed by atoms with Gasteiger partial charge in [0.1, 0.15) is 23.9 Å². The first-order valence-electron chi connectivity index (χ1n) is 5.62. The number of hydrogen-bond donors (Lipinski definition) is 1. The number of carboxylic acid groups (broad SMARTS) is 1. The molecule has 0 saturated heterocycles. The van der Waals surface area contributed by atoms with Crippen LogP contribution >= 0.6 is 0 Å². The molecule has 2 aromatic rings. The lowest BCUT2D eigenvalue weighted by Gasteiger charge is -2.10. The van der Waals surface area contributed by atoms with Gasteiger partial charge in [-0.1, -0.05) is 12.1 Å². The second kappa shape index (κ2) is 5.80. The monoisotopic (exact) mass is 272 g/mol. The molecule has 6 heteroatoms. The van der Waals surface area contributed by atoms with Crippen molar-refractivity contribution in [2.45, 2.75) is 6.61 Å². The van der Waals surface area contributed by atoms with Crippen molar-refractivity contribution in [3.05, 3.63) is 59.2 Å². The van der Waals surface area contributed by atoms with Crippen LogP contribution in [-0.4, -0.2) is 16.1 Å². The average Bonchev–Trinajstić information content (AvgIpc) is 2.46. The van der Waals surface area contributed by atoms with Crippen molar-refractivity contribution < 1.29 is 19.0 Å². The number of nitrogens with zero attached hydrogens (tertiary/aromatic N) is 2. The highest BCUT2D eigenvalue weighted by Crippen LogP contribution is 2.24. The second-order valence-electron chi connectivity index (χ2n) is 3.83. The smallest absolute Gasteiger partial charge is 0.339 e. The van der Waals surface area contributed by atoms with Gasteiger partial charge in [-0.15, -0.1) is 0 Å². The lowest BCUT2D eigenvalue weighted by atomic mass is 10.2. The van der Waals surface area contributed by atoms with Crippen molar-refractivity contribution in [3.63, 3.8) is 0 Å². The van der Waals surface area contributed by atoms with Gasteiger partial charge in [-0.25, -0.2) is 14.2 Å². The number of carboxylic acids is 1. The molecule has 0 aliphatic heterocycles. The largest absolute Gasteiger partial charge is 0.485 e. The molecule has 0 spiro atoms. The average molecular weight is 272 g/mol. The van der Waals surface area contributed by atoms with Crippen LogP contribution in [0.15, 0.2) is 36.5 Å². The number of nitriles is 1. The molecule has 0 radical (unpaired) electrons. The van der Waals surface area contributed by atoms with E-state index in [9.17, 15) is 9.18 Å². The van der Waals surface area contributed by atoms with Crippen LogP contribution in [0.3, 0.4) is 0 Å². The molecule has 0 bridgehead atoms. The Morgan fingerprint density at radius 2 is 2.20 bits per heavy atom. The number of benzene rings is 1. The first kappa shape index (κ1) is 13.5. The first-order chi connectivity index (χ1) is 9.63. The van der Waals surface area contributed by atoms with Gasteiger partial charge in [-0.05, 0) is 18.2 Å². The normalized spacial score (nSPS) is 9.80. The first-order valence-corrected chi connectivity index (χ1v) is 5.62. The summed E-state index contributed by atoms with van der Waals surface area (Å²) in [6.45, 7) is -0.141. The van der Waals surface area contributed by atoms with E-state index in [4.69, 9.17) is 15.1 Å². The van der Waals surface area contributed by atoms with E-state index < -0.39 is 11.8 Å². The third-order valence-corrected chi connectivity index (χ3v) is 2.57. The van der Waals surface area contributed by atoms with Crippen LogP contribution in [0.25, 0.3) is 0 Å². The van der Waals surface area contributed by atoms with E-state index in [0.29, 0.717) is 5.56 Å². The zero-order valence-corrected chi connectivity index (χ0v) is 10.2.